The average molecular weight is 530 g/mol. The van der Waals surface area contributed by atoms with Gasteiger partial charge in [-0.25, -0.2) is 5.43 Å². The van der Waals surface area contributed by atoms with Crippen molar-refractivity contribution in [2.75, 3.05) is 23.7 Å². The minimum atomic E-state index is -0.184. The standard InChI is InChI=1S/C28H32ClN9/c1-28(2,3)16-32-25-17(13-30)14-31-26-21(25)11-18(12-22(26)29)34-27(23-15-38(36-35-23)19-6-7-19)20-5-4-10-37-24(20)8-9-33-37/h4-5,8,10-12,14-15,19,27,33-36H,6-7,9,16H2,1-3H3,(H,31,32)/t27-/m0/s1. The van der Waals surface area contributed by atoms with Gasteiger partial charge in [-0.05, 0) is 42.5 Å². The molecule has 1 aromatic heterocycles. The van der Waals surface area contributed by atoms with Crippen LogP contribution in [0, 0.1) is 16.7 Å². The van der Waals surface area contributed by atoms with Crippen LogP contribution in [0.5, 0.6) is 0 Å². The van der Waals surface area contributed by atoms with Crippen LogP contribution in [0.1, 0.15) is 39.2 Å². The number of hydrogen-bond acceptors (Lipinski definition) is 9. The Bertz CT molecular complexity index is 1440. The van der Waals surface area contributed by atoms with Gasteiger partial charge in [0.25, 0.3) is 0 Å². The zero-order valence-corrected chi connectivity index (χ0v) is 22.5. The van der Waals surface area contributed by atoms with Gasteiger partial charge < -0.3 is 16.1 Å². The van der Waals surface area contributed by atoms with Crippen molar-refractivity contribution in [2.24, 2.45) is 5.41 Å². The molecule has 4 aliphatic rings. The van der Waals surface area contributed by atoms with Gasteiger partial charge in [0.15, 0.2) is 0 Å². The van der Waals surface area contributed by atoms with Crippen LogP contribution < -0.4 is 27.0 Å². The predicted octanol–water partition coefficient (Wildman–Crippen LogP) is 4.48. The number of hydrogen-bond donors (Lipinski definition) is 5. The number of aromatic nitrogens is 1. The molecule has 0 spiro atoms. The molecular weight excluding hydrogens is 498 g/mol. The quantitative estimate of drug-likeness (QED) is 0.355. The number of allylic oxidation sites excluding steroid dienone is 2. The number of nitriles is 1. The highest BCUT2D eigenvalue weighted by Crippen LogP contribution is 2.37. The molecule has 1 fully saturated rings. The number of benzene rings is 1. The predicted molar refractivity (Wildman–Crippen MR) is 151 cm³/mol. The molecule has 3 aliphatic heterocycles. The van der Waals surface area contributed by atoms with Crippen LogP contribution >= 0.6 is 11.6 Å². The highest BCUT2D eigenvalue weighted by Gasteiger charge is 2.35. The first-order valence-electron chi connectivity index (χ1n) is 13.0. The van der Waals surface area contributed by atoms with Crippen molar-refractivity contribution >= 4 is 33.9 Å². The second kappa shape index (κ2) is 9.55. The molecule has 6 rings (SSSR count). The maximum atomic E-state index is 9.83. The van der Waals surface area contributed by atoms with E-state index in [0.717, 1.165) is 40.3 Å². The van der Waals surface area contributed by atoms with Gasteiger partial charge in [-0.3, -0.25) is 15.0 Å². The molecule has 0 bridgehead atoms. The Labute approximate surface area is 227 Å². The van der Waals surface area contributed by atoms with E-state index in [4.69, 9.17) is 11.6 Å². The SMILES string of the molecule is CC(C)(C)CNc1c(C#N)cnc2c(Cl)cc(N[C@H](C3=CN(C4CC4)NN3)C3=CC=CN4NCC=C34)cc12. The van der Waals surface area contributed by atoms with E-state index >= 15 is 0 Å². The third-order valence-corrected chi connectivity index (χ3v) is 7.23. The molecule has 1 aliphatic carbocycles. The molecule has 2 aromatic rings. The van der Waals surface area contributed by atoms with Gasteiger partial charge in [0.05, 0.1) is 39.2 Å². The lowest BCUT2D eigenvalue weighted by molar-refractivity contribution is 0.260. The molecule has 196 valence electrons. The summed E-state index contributed by atoms with van der Waals surface area (Å²) in [4.78, 5) is 4.52. The van der Waals surface area contributed by atoms with Crippen LogP contribution in [0.25, 0.3) is 10.9 Å². The summed E-state index contributed by atoms with van der Waals surface area (Å²) in [6.07, 6.45) is 14.5. The highest BCUT2D eigenvalue weighted by atomic mass is 35.5. The van der Waals surface area contributed by atoms with Crippen molar-refractivity contribution < 1.29 is 0 Å². The van der Waals surface area contributed by atoms with E-state index in [1.807, 2.05) is 24.4 Å². The van der Waals surface area contributed by atoms with E-state index in [0.29, 0.717) is 28.7 Å². The molecule has 0 amide bonds. The fourth-order valence-electron chi connectivity index (χ4n) is 4.88. The summed E-state index contributed by atoms with van der Waals surface area (Å²) < 4.78 is 0. The Hall–Kier alpha value is -3.71. The van der Waals surface area contributed by atoms with Crippen molar-refractivity contribution in [3.63, 3.8) is 0 Å². The summed E-state index contributed by atoms with van der Waals surface area (Å²) in [7, 11) is 0. The second-order valence-electron chi connectivity index (χ2n) is 11.2. The van der Waals surface area contributed by atoms with Crippen molar-refractivity contribution in [3.8, 4) is 6.07 Å². The Morgan fingerprint density at radius 1 is 1.29 bits per heavy atom. The summed E-state index contributed by atoms with van der Waals surface area (Å²) in [5, 5.41) is 22.6. The van der Waals surface area contributed by atoms with Gasteiger partial charge in [0, 0.05) is 54.4 Å². The van der Waals surface area contributed by atoms with Crippen LogP contribution in [0.15, 0.2) is 65.9 Å². The molecule has 38 heavy (non-hydrogen) atoms. The molecular formula is C28H32ClN9. The van der Waals surface area contributed by atoms with Crippen LogP contribution in [0.3, 0.4) is 0 Å². The fourth-order valence-corrected chi connectivity index (χ4v) is 5.15. The maximum absolute atomic E-state index is 9.83. The van der Waals surface area contributed by atoms with Gasteiger partial charge in [-0.2, -0.15) is 5.26 Å². The van der Waals surface area contributed by atoms with Crippen LogP contribution in [-0.4, -0.2) is 40.2 Å². The van der Waals surface area contributed by atoms with Crippen LogP contribution in [-0.2, 0) is 0 Å². The average Bonchev–Trinajstić information content (AvgIpc) is 3.41. The number of hydrazine groups is 3. The van der Waals surface area contributed by atoms with Crippen LogP contribution in [0.2, 0.25) is 5.02 Å². The first kappa shape index (κ1) is 24.6. The molecule has 0 saturated heterocycles. The number of halogens is 1. The summed E-state index contributed by atoms with van der Waals surface area (Å²) in [5.41, 5.74) is 16.1. The largest absolute Gasteiger partial charge is 0.383 e. The van der Waals surface area contributed by atoms with Gasteiger partial charge in [0.2, 0.25) is 0 Å². The second-order valence-corrected chi connectivity index (χ2v) is 11.7. The fraction of sp³-hybridized carbons (Fsp3) is 0.357. The molecule has 1 saturated carbocycles. The number of nitrogens with one attached hydrogen (secondary N) is 5. The lowest BCUT2D eigenvalue weighted by Gasteiger charge is -2.30. The third-order valence-electron chi connectivity index (χ3n) is 6.94. The summed E-state index contributed by atoms with van der Waals surface area (Å²) in [6.45, 7) is 7.95. The molecule has 1 atom stereocenters. The first-order valence-corrected chi connectivity index (χ1v) is 13.3. The minimum Gasteiger partial charge on any atom is -0.383 e. The number of rotatable bonds is 7. The van der Waals surface area contributed by atoms with E-state index < -0.39 is 0 Å². The van der Waals surface area contributed by atoms with E-state index in [9.17, 15) is 5.26 Å². The van der Waals surface area contributed by atoms with Crippen molar-refractivity contribution in [1.29, 1.82) is 5.26 Å². The van der Waals surface area contributed by atoms with Crippen molar-refractivity contribution in [1.82, 2.24) is 31.4 Å². The lowest BCUT2D eigenvalue weighted by atomic mass is 9.96. The summed E-state index contributed by atoms with van der Waals surface area (Å²) >= 11 is 6.79. The molecule has 5 N–H and O–H groups in total. The van der Waals surface area contributed by atoms with Gasteiger partial charge in [-0.1, -0.05) is 38.4 Å². The number of nitrogens with zero attached hydrogens (tertiary/aromatic N) is 4. The smallest absolute Gasteiger partial charge is 0.103 e. The number of fused-ring (bicyclic) bond motifs is 2. The topological polar surface area (TPSA) is 103 Å². The third kappa shape index (κ3) is 4.78. The van der Waals surface area contributed by atoms with Gasteiger partial charge in [-0.15, -0.1) is 5.53 Å². The van der Waals surface area contributed by atoms with E-state index in [1.165, 1.54) is 12.8 Å². The van der Waals surface area contributed by atoms with E-state index in [2.05, 4.69) is 87.2 Å². The highest BCUT2D eigenvalue weighted by molar-refractivity contribution is 6.35. The molecule has 4 heterocycles. The van der Waals surface area contributed by atoms with Gasteiger partial charge in [0.1, 0.15) is 6.07 Å². The Kier molecular flexibility index (Phi) is 6.19. The zero-order chi connectivity index (χ0) is 26.4. The molecule has 0 radical (unpaired) electrons. The molecule has 1 aromatic carbocycles. The van der Waals surface area contributed by atoms with E-state index in [-0.39, 0.29) is 11.5 Å². The normalized spacial score (nSPS) is 19.4. The summed E-state index contributed by atoms with van der Waals surface area (Å²) in [6, 6.07) is 6.57. The van der Waals surface area contributed by atoms with E-state index in [1.54, 1.807) is 6.20 Å². The maximum Gasteiger partial charge on any atom is 0.103 e. The number of pyridine rings is 1. The van der Waals surface area contributed by atoms with Crippen LogP contribution in [0.4, 0.5) is 11.4 Å². The first-order chi connectivity index (χ1) is 18.3. The van der Waals surface area contributed by atoms with Crippen molar-refractivity contribution in [3.05, 3.63) is 76.5 Å². The zero-order valence-electron chi connectivity index (χ0n) is 21.8. The summed E-state index contributed by atoms with van der Waals surface area (Å²) in [5.74, 6) is 0. The minimum absolute atomic E-state index is 0.0318. The Balaban J connectivity index is 1.41. The molecule has 0 unspecified atom stereocenters. The molecule has 10 heteroatoms. The number of anilines is 2. The van der Waals surface area contributed by atoms with Crippen molar-refractivity contribution in [2.45, 2.75) is 45.7 Å². The molecule has 9 nitrogen and oxygen atoms in total. The lowest BCUT2D eigenvalue weighted by Crippen LogP contribution is -2.41. The Morgan fingerprint density at radius 3 is 2.89 bits per heavy atom. The van der Waals surface area contributed by atoms with Gasteiger partial charge >= 0.3 is 0 Å². The monoisotopic (exact) mass is 529 g/mol. The Morgan fingerprint density at radius 2 is 2.13 bits per heavy atom.